The number of nitrogens with one attached hydrogen (secondary N) is 1. The first kappa shape index (κ1) is 38.4. The summed E-state index contributed by atoms with van der Waals surface area (Å²) in [4.78, 5) is 20.3. The molecule has 0 spiro atoms. The van der Waals surface area contributed by atoms with Crippen LogP contribution in [0.1, 0.15) is 89.2 Å². The predicted molar refractivity (Wildman–Crippen MR) is 195 cm³/mol. The largest absolute Gasteiger partial charge is 0.505 e. The normalized spacial score (nSPS) is 13.7. The van der Waals surface area contributed by atoms with Gasteiger partial charge in [0, 0.05) is 28.7 Å². The van der Waals surface area contributed by atoms with Crippen LogP contribution in [0.5, 0.6) is 5.75 Å². The number of halogens is 3. The monoisotopic (exact) mass is 672 g/mol. The highest BCUT2D eigenvalue weighted by atomic mass is 19.1. The predicted octanol–water partition coefficient (Wildman–Crippen LogP) is 9.87. The van der Waals surface area contributed by atoms with E-state index in [0.29, 0.717) is 46.5 Å². The summed E-state index contributed by atoms with van der Waals surface area (Å²) in [5, 5.41) is 13.4. The molecule has 0 aliphatic carbocycles. The number of carbonyl (C=O) groups excluding carboxylic acids is 1. The third-order valence-electron chi connectivity index (χ3n) is 8.01. The Kier molecular flexibility index (Phi) is 13.6. The van der Waals surface area contributed by atoms with E-state index < -0.39 is 35.2 Å². The molecule has 0 radical (unpaired) electrons. The second-order valence-electron chi connectivity index (χ2n) is 12.3. The van der Waals surface area contributed by atoms with Gasteiger partial charge in [-0.2, -0.15) is 0 Å². The number of carbonyl (C=O) groups is 1. The zero-order valence-electron chi connectivity index (χ0n) is 29.6. The van der Waals surface area contributed by atoms with Crippen molar-refractivity contribution >= 4 is 23.0 Å². The number of hydrogen-bond donors (Lipinski definition) is 3. The van der Waals surface area contributed by atoms with Crippen LogP contribution in [0, 0.1) is 24.4 Å². The molecule has 0 saturated heterocycles. The standard InChI is InChI=1S/C40H47F3N4O2/c1-9-11-15-35(47(32-14-12-13-30(41)21-32)40(49)33-22-31(42)18-16-26(33)6)27(7)46-28(8)38(39(44)45-23-24(3)4)37(25(5)10-2)29-17-19-36(48)34(43)20-29/h12-23,27,46,48H,9-11H2,1-8H3,(H2,44,45)/b35-15+,37-25+,38-28+. The van der Waals surface area contributed by atoms with Crippen LogP contribution in [0.4, 0.5) is 18.9 Å². The quantitative estimate of drug-likeness (QED) is 0.0958. The number of nitrogens with two attached hydrogens (primary N) is 1. The summed E-state index contributed by atoms with van der Waals surface area (Å²) < 4.78 is 43.9. The first-order valence-corrected chi connectivity index (χ1v) is 16.4. The number of aromatic hydroxyl groups is 1. The molecule has 3 aromatic rings. The molecular weight excluding hydrogens is 625 g/mol. The molecule has 1 amide bonds. The number of amidine groups is 1. The molecule has 0 saturated carbocycles. The fraction of sp³-hybridized carbons (Fsp3) is 0.300. The Balaban J connectivity index is 2.31. The number of rotatable bonds is 13. The van der Waals surface area contributed by atoms with Crippen LogP contribution in [0.15, 0.2) is 106 Å². The van der Waals surface area contributed by atoms with Gasteiger partial charge in [-0.3, -0.25) is 9.69 Å². The number of allylic oxidation sites excluding steroid dienone is 4. The molecule has 0 bridgehead atoms. The van der Waals surface area contributed by atoms with E-state index in [1.807, 2.05) is 54.5 Å². The van der Waals surface area contributed by atoms with Gasteiger partial charge in [-0.05, 0) is 114 Å². The van der Waals surface area contributed by atoms with Crippen molar-refractivity contribution in [3.05, 3.63) is 135 Å². The lowest BCUT2D eigenvalue weighted by atomic mass is 9.90. The lowest BCUT2D eigenvalue weighted by Gasteiger charge is -2.32. The highest BCUT2D eigenvalue weighted by Gasteiger charge is 2.28. The average molecular weight is 673 g/mol. The van der Waals surface area contributed by atoms with Gasteiger partial charge in [0.1, 0.15) is 17.5 Å². The molecule has 0 aromatic heterocycles. The van der Waals surface area contributed by atoms with Crippen LogP contribution in [-0.2, 0) is 0 Å². The summed E-state index contributed by atoms with van der Waals surface area (Å²) in [7, 11) is 0. The minimum absolute atomic E-state index is 0.142. The fourth-order valence-electron chi connectivity index (χ4n) is 5.38. The number of aliphatic imine (C=N–C) groups is 1. The van der Waals surface area contributed by atoms with Gasteiger partial charge in [-0.15, -0.1) is 0 Å². The van der Waals surface area contributed by atoms with Gasteiger partial charge in [0.05, 0.1) is 11.7 Å². The second-order valence-corrected chi connectivity index (χ2v) is 12.3. The second kappa shape index (κ2) is 17.4. The molecule has 0 aliphatic heterocycles. The minimum atomic E-state index is -0.779. The average Bonchev–Trinajstić information content (AvgIpc) is 3.05. The van der Waals surface area contributed by atoms with Crippen molar-refractivity contribution < 1.29 is 23.1 Å². The topological polar surface area (TPSA) is 90.9 Å². The number of aryl methyl sites for hydroxylation is 1. The maximum atomic E-state index is 14.7. The van der Waals surface area contributed by atoms with Crippen LogP contribution >= 0.6 is 0 Å². The number of anilines is 1. The van der Waals surface area contributed by atoms with E-state index in [2.05, 4.69) is 10.3 Å². The third-order valence-corrected chi connectivity index (χ3v) is 8.01. The van der Waals surface area contributed by atoms with Gasteiger partial charge >= 0.3 is 0 Å². The highest BCUT2D eigenvalue weighted by molar-refractivity contribution is 6.13. The number of hydrogen-bond acceptors (Lipinski definition) is 4. The molecule has 3 aromatic carbocycles. The minimum Gasteiger partial charge on any atom is -0.505 e. The molecule has 6 nitrogen and oxygen atoms in total. The van der Waals surface area contributed by atoms with Gasteiger partial charge in [-0.25, -0.2) is 18.2 Å². The number of nitrogens with zero attached hydrogens (tertiary/aromatic N) is 2. The molecule has 49 heavy (non-hydrogen) atoms. The molecule has 4 N–H and O–H groups in total. The lowest BCUT2D eigenvalue weighted by Crippen LogP contribution is -2.41. The summed E-state index contributed by atoms with van der Waals surface area (Å²) in [5.74, 6) is -2.70. The SMILES string of the molecule is CCC/C=C(\C(C)N/C(C)=C(C(/N)=N\C=C(C)C)\C(=C(/C)CC)c1ccc(O)c(F)c1)N(C(=O)c1cc(F)ccc1C)c1cccc(F)c1. The zero-order valence-corrected chi connectivity index (χ0v) is 29.6. The Hall–Kier alpha value is -5.05. The van der Waals surface area contributed by atoms with Crippen molar-refractivity contribution in [2.75, 3.05) is 4.90 Å². The van der Waals surface area contributed by atoms with Crippen molar-refractivity contribution in [3.8, 4) is 5.75 Å². The first-order valence-electron chi connectivity index (χ1n) is 16.4. The van der Waals surface area contributed by atoms with E-state index in [1.165, 1.54) is 53.4 Å². The van der Waals surface area contributed by atoms with Crippen molar-refractivity contribution in [1.29, 1.82) is 0 Å². The van der Waals surface area contributed by atoms with Crippen LogP contribution in [0.25, 0.3) is 5.57 Å². The number of amides is 1. The van der Waals surface area contributed by atoms with Crippen LogP contribution in [0.2, 0.25) is 0 Å². The van der Waals surface area contributed by atoms with E-state index in [-0.39, 0.29) is 17.1 Å². The van der Waals surface area contributed by atoms with Crippen LogP contribution in [-0.4, -0.2) is 22.9 Å². The Bertz CT molecular complexity index is 1830. The smallest absolute Gasteiger partial charge is 0.263 e. The van der Waals surface area contributed by atoms with E-state index >= 15 is 0 Å². The number of phenolic OH excluding ortho intramolecular Hbond substituents is 1. The Morgan fingerprint density at radius 1 is 1.00 bits per heavy atom. The summed E-state index contributed by atoms with van der Waals surface area (Å²) >= 11 is 0. The number of unbranched alkanes of at least 4 members (excludes halogenated alkanes) is 1. The van der Waals surface area contributed by atoms with Crippen LogP contribution < -0.4 is 16.0 Å². The van der Waals surface area contributed by atoms with Gasteiger partial charge in [0.15, 0.2) is 11.6 Å². The zero-order chi connectivity index (χ0) is 36.4. The van der Waals surface area contributed by atoms with Crippen molar-refractivity contribution in [1.82, 2.24) is 5.32 Å². The van der Waals surface area contributed by atoms with Gasteiger partial charge in [0.2, 0.25) is 0 Å². The number of benzene rings is 3. The maximum Gasteiger partial charge on any atom is 0.263 e. The van der Waals surface area contributed by atoms with Gasteiger partial charge in [-0.1, -0.05) is 55.7 Å². The molecule has 1 atom stereocenters. The van der Waals surface area contributed by atoms with E-state index in [9.17, 15) is 23.1 Å². The highest BCUT2D eigenvalue weighted by Crippen LogP contribution is 2.34. The molecular formula is C40H47F3N4O2. The number of phenols is 1. The molecule has 1 unspecified atom stereocenters. The van der Waals surface area contributed by atoms with Gasteiger partial charge < -0.3 is 16.2 Å². The molecule has 0 aliphatic rings. The lowest BCUT2D eigenvalue weighted by molar-refractivity contribution is 0.0992. The van der Waals surface area contributed by atoms with Crippen molar-refractivity contribution in [3.63, 3.8) is 0 Å². The first-order chi connectivity index (χ1) is 23.2. The molecule has 0 heterocycles. The van der Waals surface area contributed by atoms with E-state index in [0.717, 1.165) is 17.6 Å². The van der Waals surface area contributed by atoms with Crippen molar-refractivity contribution in [2.45, 2.75) is 80.7 Å². The third kappa shape index (κ3) is 9.75. The molecule has 3 rings (SSSR count). The van der Waals surface area contributed by atoms with E-state index in [1.54, 1.807) is 25.3 Å². The molecule has 0 fully saturated rings. The Labute approximate surface area is 288 Å². The van der Waals surface area contributed by atoms with E-state index in [4.69, 9.17) is 5.73 Å². The fourth-order valence-corrected chi connectivity index (χ4v) is 5.38. The summed E-state index contributed by atoms with van der Waals surface area (Å²) in [6.45, 7) is 15.1. The molecule has 260 valence electrons. The van der Waals surface area contributed by atoms with Crippen LogP contribution in [0.3, 0.4) is 0 Å². The summed E-state index contributed by atoms with van der Waals surface area (Å²) in [6, 6.07) is 13.3. The Morgan fingerprint density at radius 3 is 2.31 bits per heavy atom. The van der Waals surface area contributed by atoms with Crippen molar-refractivity contribution in [2.24, 2.45) is 10.7 Å². The molecule has 9 heteroatoms. The summed E-state index contributed by atoms with van der Waals surface area (Å²) in [5.41, 5.74) is 12.2. The summed E-state index contributed by atoms with van der Waals surface area (Å²) in [6.07, 6.45) is 5.51. The maximum absolute atomic E-state index is 14.7. The van der Waals surface area contributed by atoms with Gasteiger partial charge in [0.25, 0.3) is 5.91 Å². The Morgan fingerprint density at radius 2 is 1.69 bits per heavy atom.